The van der Waals surface area contributed by atoms with Gasteiger partial charge in [0.15, 0.2) is 0 Å². The molecule has 2 aromatic rings. The number of ether oxygens (including phenoxy) is 2. The van der Waals surface area contributed by atoms with E-state index in [9.17, 15) is 4.79 Å². The molecule has 4 nitrogen and oxygen atoms in total. The molecule has 110 valence electrons. The third kappa shape index (κ3) is 3.09. The summed E-state index contributed by atoms with van der Waals surface area (Å²) in [5.41, 5.74) is 2.01. The molecule has 0 saturated heterocycles. The average molecular weight is 303 g/mol. The van der Waals surface area contributed by atoms with E-state index in [0.717, 1.165) is 29.8 Å². The summed E-state index contributed by atoms with van der Waals surface area (Å²) in [6.45, 7) is 1.09. The maximum absolute atomic E-state index is 12.3. The van der Waals surface area contributed by atoms with Crippen LogP contribution in [0.2, 0.25) is 0 Å². The first-order valence-electron chi connectivity index (χ1n) is 6.87. The van der Waals surface area contributed by atoms with Crippen LogP contribution in [0, 0.1) is 0 Å². The van der Waals surface area contributed by atoms with Crippen molar-refractivity contribution in [1.82, 2.24) is 5.32 Å². The summed E-state index contributed by atoms with van der Waals surface area (Å²) in [5, 5.41) is 5.26. The molecule has 0 spiro atoms. The van der Waals surface area contributed by atoms with Crippen molar-refractivity contribution in [2.24, 2.45) is 0 Å². The second kappa shape index (κ2) is 6.28. The predicted octanol–water partition coefficient (Wildman–Crippen LogP) is 2.69. The molecule has 3 rings (SSSR count). The Hall–Kier alpha value is -1.85. The van der Waals surface area contributed by atoms with E-state index in [1.807, 2.05) is 35.7 Å². The lowest BCUT2D eigenvalue weighted by Crippen LogP contribution is -2.35. The minimum atomic E-state index is -0.335. The Morgan fingerprint density at radius 1 is 1.33 bits per heavy atom. The lowest BCUT2D eigenvalue weighted by molar-refractivity contribution is -0.147. The Bertz CT molecular complexity index is 621. The minimum absolute atomic E-state index is 0.217. The maximum Gasteiger partial charge on any atom is 0.328 e. The van der Waals surface area contributed by atoms with Crippen LogP contribution in [0.5, 0.6) is 5.75 Å². The molecule has 2 heterocycles. The third-order valence-electron chi connectivity index (χ3n) is 3.57. The van der Waals surface area contributed by atoms with E-state index in [4.69, 9.17) is 9.47 Å². The van der Waals surface area contributed by atoms with Crippen LogP contribution in [0.15, 0.2) is 35.7 Å². The molecule has 1 N–H and O–H groups in total. The molecule has 5 heteroatoms. The summed E-state index contributed by atoms with van der Waals surface area (Å²) in [5.74, 6) is 0.576. The number of rotatable bonds is 4. The van der Waals surface area contributed by atoms with E-state index in [0.29, 0.717) is 0 Å². The fraction of sp³-hybridized carbons (Fsp3) is 0.312. The number of carbonyl (C=O) groups is 1. The molecule has 1 atom stereocenters. The van der Waals surface area contributed by atoms with Gasteiger partial charge in [-0.15, -0.1) is 11.3 Å². The van der Waals surface area contributed by atoms with Crippen LogP contribution in [0.1, 0.15) is 22.0 Å². The van der Waals surface area contributed by atoms with Gasteiger partial charge in [0.05, 0.1) is 7.11 Å². The number of carbonyl (C=O) groups excluding carboxylic acids is 1. The highest BCUT2D eigenvalue weighted by Crippen LogP contribution is 2.28. The number of thiophene rings is 1. The number of esters is 1. The molecule has 0 amide bonds. The van der Waals surface area contributed by atoms with Gasteiger partial charge in [-0.25, -0.2) is 4.79 Å². The van der Waals surface area contributed by atoms with Gasteiger partial charge >= 0.3 is 5.97 Å². The number of hydrogen-bond donors (Lipinski definition) is 1. The SMILES string of the molecule is COc1ccc(COC(=O)C2NCCc3sccc32)cc1. The van der Waals surface area contributed by atoms with Crippen LogP contribution >= 0.6 is 11.3 Å². The lowest BCUT2D eigenvalue weighted by atomic mass is 10.0. The zero-order valence-corrected chi connectivity index (χ0v) is 12.6. The van der Waals surface area contributed by atoms with Crippen LogP contribution in [0.3, 0.4) is 0 Å². The van der Waals surface area contributed by atoms with Crippen molar-refractivity contribution in [3.63, 3.8) is 0 Å². The van der Waals surface area contributed by atoms with Crippen molar-refractivity contribution in [3.05, 3.63) is 51.7 Å². The van der Waals surface area contributed by atoms with E-state index in [-0.39, 0.29) is 18.6 Å². The van der Waals surface area contributed by atoms with Crippen molar-refractivity contribution in [3.8, 4) is 5.75 Å². The molecule has 1 aromatic heterocycles. The summed E-state index contributed by atoms with van der Waals surface area (Å²) in [6.07, 6.45) is 0.981. The first-order chi connectivity index (χ1) is 10.3. The maximum atomic E-state index is 12.3. The van der Waals surface area contributed by atoms with E-state index in [2.05, 4.69) is 5.32 Å². The zero-order chi connectivity index (χ0) is 14.7. The molecule has 1 aliphatic rings. The fourth-order valence-corrected chi connectivity index (χ4v) is 3.34. The number of hydrogen-bond acceptors (Lipinski definition) is 5. The Morgan fingerprint density at radius 3 is 2.90 bits per heavy atom. The number of methoxy groups -OCH3 is 1. The zero-order valence-electron chi connectivity index (χ0n) is 11.8. The Kier molecular flexibility index (Phi) is 4.22. The van der Waals surface area contributed by atoms with Crippen LogP contribution in [0.25, 0.3) is 0 Å². The summed E-state index contributed by atoms with van der Waals surface area (Å²) in [6, 6.07) is 9.19. The van der Waals surface area contributed by atoms with Crippen LogP contribution in [0.4, 0.5) is 0 Å². The molecule has 0 saturated carbocycles. The molecular weight excluding hydrogens is 286 g/mol. The van der Waals surface area contributed by atoms with Crippen LogP contribution in [-0.2, 0) is 22.6 Å². The number of fused-ring (bicyclic) bond motifs is 1. The highest BCUT2D eigenvalue weighted by Gasteiger charge is 2.28. The van der Waals surface area contributed by atoms with E-state index in [1.165, 1.54) is 4.88 Å². The normalized spacial score (nSPS) is 17.1. The molecule has 1 aromatic carbocycles. The van der Waals surface area contributed by atoms with Crippen LogP contribution in [-0.4, -0.2) is 19.6 Å². The Labute approximate surface area is 127 Å². The largest absolute Gasteiger partial charge is 0.497 e. The second-order valence-corrected chi connectivity index (χ2v) is 5.89. The summed E-state index contributed by atoms with van der Waals surface area (Å²) < 4.78 is 10.5. The first kappa shape index (κ1) is 14.1. The second-order valence-electron chi connectivity index (χ2n) is 4.89. The minimum Gasteiger partial charge on any atom is -0.497 e. The molecule has 0 fully saturated rings. The van der Waals surface area contributed by atoms with Gasteiger partial charge in [0.25, 0.3) is 0 Å². The van der Waals surface area contributed by atoms with Crippen molar-refractivity contribution in [2.75, 3.05) is 13.7 Å². The molecule has 1 unspecified atom stereocenters. The molecule has 21 heavy (non-hydrogen) atoms. The quantitative estimate of drug-likeness (QED) is 0.882. The van der Waals surface area contributed by atoms with E-state index in [1.54, 1.807) is 18.4 Å². The van der Waals surface area contributed by atoms with Gasteiger partial charge in [-0.3, -0.25) is 0 Å². The van der Waals surface area contributed by atoms with Gasteiger partial charge in [-0.05, 0) is 41.1 Å². The van der Waals surface area contributed by atoms with Crippen molar-refractivity contribution >= 4 is 17.3 Å². The summed E-state index contributed by atoms with van der Waals surface area (Å²) >= 11 is 1.70. The van der Waals surface area contributed by atoms with E-state index < -0.39 is 0 Å². The van der Waals surface area contributed by atoms with Gasteiger partial charge in [0.2, 0.25) is 0 Å². The molecular formula is C16H17NO3S. The first-order valence-corrected chi connectivity index (χ1v) is 7.75. The summed E-state index contributed by atoms with van der Waals surface area (Å²) in [7, 11) is 1.63. The van der Waals surface area contributed by atoms with Gasteiger partial charge in [0, 0.05) is 11.4 Å². The molecule has 1 aliphatic heterocycles. The topological polar surface area (TPSA) is 47.6 Å². The lowest BCUT2D eigenvalue weighted by Gasteiger charge is -2.22. The Morgan fingerprint density at radius 2 is 2.14 bits per heavy atom. The number of nitrogens with one attached hydrogen (secondary N) is 1. The average Bonchev–Trinajstić information content (AvgIpc) is 3.01. The van der Waals surface area contributed by atoms with Crippen LogP contribution < -0.4 is 10.1 Å². The third-order valence-corrected chi connectivity index (χ3v) is 4.56. The fourth-order valence-electron chi connectivity index (χ4n) is 2.42. The van der Waals surface area contributed by atoms with Crippen molar-refractivity contribution in [2.45, 2.75) is 19.1 Å². The standard InChI is InChI=1S/C16H17NO3S/c1-19-12-4-2-11(3-5-12)10-20-16(18)15-13-7-9-21-14(13)6-8-17-15/h2-5,7,9,15,17H,6,8,10H2,1H3. The molecule has 0 bridgehead atoms. The van der Waals surface area contributed by atoms with Gasteiger partial charge in [-0.1, -0.05) is 12.1 Å². The molecule has 0 radical (unpaired) electrons. The van der Waals surface area contributed by atoms with Crippen molar-refractivity contribution < 1.29 is 14.3 Å². The van der Waals surface area contributed by atoms with Crippen molar-refractivity contribution in [1.29, 1.82) is 0 Å². The monoisotopic (exact) mass is 303 g/mol. The Balaban J connectivity index is 1.62. The van der Waals surface area contributed by atoms with E-state index >= 15 is 0 Å². The summed E-state index contributed by atoms with van der Waals surface area (Å²) in [4.78, 5) is 13.5. The highest BCUT2D eigenvalue weighted by molar-refractivity contribution is 7.10. The number of benzene rings is 1. The van der Waals surface area contributed by atoms with Gasteiger partial charge in [-0.2, -0.15) is 0 Å². The smallest absolute Gasteiger partial charge is 0.328 e. The van der Waals surface area contributed by atoms with Gasteiger partial charge in [0.1, 0.15) is 18.4 Å². The van der Waals surface area contributed by atoms with Gasteiger partial charge < -0.3 is 14.8 Å². The molecule has 0 aliphatic carbocycles. The predicted molar refractivity (Wildman–Crippen MR) is 81.6 cm³/mol. The highest BCUT2D eigenvalue weighted by atomic mass is 32.1.